The van der Waals surface area contributed by atoms with Gasteiger partial charge >= 0.3 is 0 Å². The minimum absolute atomic E-state index is 0.749. The molecule has 0 aliphatic heterocycles. The summed E-state index contributed by atoms with van der Waals surface area (Å²) in [6.45, 7) is 3.82. The van der Waals surface area contributed by atoms with E-state index in [0.717, 1.165) is 22.4 Å². The lowest BCUT2D eigenvalue weighted by atomic mass is 10.3. The van der Waals surface area contributed by atoms with E-state index in [1.807, 2.05) is 0 Å². The summed E-state index contributed by atoms with van der Waals surface area (Å²) in [7, 11) is 0. The Morgan fingerprint density at radius 1 is 1.47 bits per heavy atom. The van der Waals surface area contributed by atoms with Crippen LogP contribution >= 0.6 is 34.3 Å². The van der Waals surface area contributed by atoms with Gasteiger partial charge in [0.15, 0.2) is 0 Å². The van der Waals surface area contributed by atoms with E-state index in [0.29, 0.717) is 0 Å². The fourth-order valence-electron chi connectivity index (χ4n) is 1.24. The number of hydrogen-bond donors (Lipinski definition) is 1. The zero-order chi connectivity index (χ0) is 10.7. The lowest BCUT2D eigenvalue weighted by molar-refractivity contribution is 0.695. The van der Waals surface area contributed by atoms with Gasteiger partial charge < -0.3 is 5.32 Å². The second kappa shape index (κ2) is 5.07. The van der Waals surface area contributed by atoms with E-state index in [1.165, 1.54) is 21.8 Å². The number of hydrogen-bond acceptors (Lipinski definition) is 4. The summed E-state index contributed by atoms with van der Waals surface area (Å²) in [4.78, 5) is 5.57. The second-order valence-corrected chi connectivity index (χ2v) is 5.94. The molecule has 5 heteroatoms. The fourth-order valence-corrected chi connectivity index (χ4v) is 3.04. The van der Waals surface area contributed by atoms with Gasteiger partial charge in [-0.05, 0) is 23.9 Å². The van der Waals surface area contributed by atoms with Gasteiger partial charge in [0.25, 0.3) is 0 Å². The van der Waals surface area contributed by atoms with Crippen LogP contribution in [-0.2, 0) is 13.1 Å². The predicted octanol–water partition coefficient (Wildman–Crippen LogP) is 3.46. The number of aromatic nitrogens is 1. The van der Waals surface area contributed by atoms with Gasteiger partial charge in [0.05, 0.1) is 6.20 Å². The maximum absolute atomic E-state index is 5.79. The van der Waals surface area contributed by atoms with Crippen LogP contribution in [0.5, 0.6) is 0 Å². The minimum atomic E-state index is 0.749. The average Bonchev–Trinajstić information content (AvgIpc) is 2.77. The topological polar surface area (TPSA) is 24.9 Å². The molecule has 2 aromatic heterocycles. The molecule has 0 bridgehead atoms. The summed E-state index contributed by atoms with van der Waals surface area (Å²) < 4.78 is 0.749. The van der Waals surface area contributed by atoms with E-state index < -0.39 is 0 Å². The first-order valence-electron chi connectivity index (χ1n) is 4.59. The Bertz CT molecular complexity index is 436. The Hall–Kier alpha value is -0.420. The standard InChI is InChI=1S/C10H11ClN2S2/c1-7-2-3-14-8(7)4-12-6-10-13-5-9(11)15-10/h2-3,5,12H,4,6H2,1H3. The van der Waals surface area contributed by atoms with Gasteiger partial charge in [-0.2, -0.15) is 0 Å². The van der Waals surface area contributed by atoms with Crippen molar-refractivity contribution in [1.29, 1.82) is 0 Å². The van der Waals surface area contributed by atoms with E-state index in [4.69, 9.17) is 11.6 Å². The van der Waals surface area contributed by atoms with Crippen LogP contribution in [0.1, 0.15) is 15.4 Å². The highest BCUT2D eigenvalue weighted by molar-refractivity contribution is 7.15. The summed E-state index contributed by atoms with van der Waals surface area (Å²) in [5.41, 5.74) is 1.35. The van der Waals surface area contributed by atoms with Crippen molar-refractivity contribution >= 4 is 34.3 Å². The molecule has 2 nitrogen and oxygen atoms in total. The Morgan fingerprint density at radius 3 is 2.93 bits per heavy atom. The molecule has 0 aliphatic rings. The van der Waals surface area contributed by atoms with Crippen LogP contribution < -0.4 is 5.32 Å². The smallest absolute Gasteiger partial charge is 0.113 e. The molecule has 2 heterocycles. The van der Waals surface area contributed by atoms with Gasteiger partial charge in [-0.15, -0.1) is 22.7 Å². The zero-order valence-corrected chi connectivity index (χ0v) is 10.7. The first-order valence-corrected chi connectivity index (χ1v) is 6.67. The van der Waals surface area contributed by atoms with Crippen LogP contribution in [0.2, 0.25) is 4.34 Å². The molecule has 0 unspecified atom stereocenters. The summed E-state index contributed by atoms with van der Waals surface area (Å²) in [5, 5.41) is 6.51. The van der Waals surface area contributed by atoms with Crippen LogP contribution in [-0.4, -0.2) is 4.98 Å². The number of thiazole rings is 1. The lowest BCUT2D eigenvalue weighted by Gasteiger charge is -2.01. The van der Waals surface area contributed by atoms with E-state index >= 15 is 0 Å². The van der Waals surface area contributed by atoms with Crippen molar-refractivity contribution in [2.45, 2.75) is 20.0 Å². The molecule has 0 saturated carbocycles. The minimum Gasteiger partial charge on any atom is -0.306 e. The molecule has 0 fully saturated rings. The third-order valence-corrected chi connectivity index (χ3v) is 4.19. The summed E-state index contributed by atoms with van der Waals surface area (Å²) in [6, 6.07) is 2.14. The van der Waals surface area contributed by atoms with Crippen LogP contribution in [0.25, 0.3) is 0 Å². The summed E-state index contributed by atoms with van der Waals surface area (Å²) in [6.07, 6.45) is 1.69. The van der Waals surface area contributed by atoms with Gasteiger partial charge in [0, 0.05) is 18.0 Å². The molecule has 2 rings (SSSR count). The van der Waals surface area contributed by atoms with Crippen molar-refractivity contribution in [3.8, 4) is 0 Å². The van der Waals surface area contributed by atoms with Crippen molar-refractivity contribution in [2.24, 2.45) is 0 Å². The van der Waals surface area contributed by atoms with Crippen molar-refractivity contribution in [1.82, 2.24) is 10.3 Å². The molecule has 2 aromatic rings. The number of thiophene rings is 1. The fraction of sp³-hybridized carbons (Fsp3) is 0.300. The highest BCUT2D eigenvalue weighted by Crippen LogP contribution is 2.19. The van der Waals surface area contributed by atoms with Crippen molar-refractivity contribution in [2.75, 3.05) is 0 Å². The van der Waals surface area contributed by atoms with Crippen molar-refractivity contribution < 1.29 is 0 Å². The SMILES string of the molecule is Cc1ccsc1CNCc1ncc(Cl)s1. The van der Waals surface area contributed by atoms with Gasteiger partial charge in [-0.25, -0.2) is 4.98 Å². The molecular weight excluding hydrogens is 248 g/mol. The normalized spacial score (nSPS) is 10.8. The molecule has 0 amide bonds. The maximum Gasteiger partial charge on any atom is 0.113 e. The number of aryl methyl sites for hydroxylation is 1. The maximum atomic E-state index is 5.79. The third kappa shape index (κ3) is 3.01. The first kappa shape index (κ1) is 11.1. The van der Waals surface area contributed by atoms with Gasteiger partial charge in [0.2, 0.25) is 0 Å². The Kier molecular flexibility index (Phi) is 3.75. The molecule has 0 spiro atoms. The van der Waals surface area contributed by atoms with Gasteiger partial charge in [-0.3, -0.25) is 0 Å². The number of nitrogens with zero attached hydrogens (tertiary/aromatic N) is 1. The number of rotatable bonds is 4. The van der Waals surface area contributed by atoms with Crippen molar-refractivity contribution in [3.63, 3.8) is 0 Å². The largest absolute Gasteiger partial charge is 0.306 e. The molecule has 0 aromatic carbocycles. The van der Waals surface area contributed by atoms with Crippen molar-refractivity contribution in [3.05, 3.63) is 37.4 Å². The predicted molar refractivity (Wildman–Crippen MR) is 66.7 cm³/mol. The van der Waals surface area contributed by atoms with Gasteiger partial charge in [0.1, 0.15) is 9.34 Å². The lowest BCUT2D eigenvalue weighted by Crippen LogP contribution is -2.11. The molecule has 0 radical (unpaired) electrons. The average molecular weight is 259 g/mol. The molecule has 0 aliphatic carbocycles. The first-order chi connectivity index (χ1) is 7.25. The van der Waals surface area contributed by atoms with E-state index in [-0.39, 0.29) is 0 Å². The Balaban J connectivity index is 1.83. The Morgan fingerprint density at radius 2 is 2.33 bits per heavy atom. The molecular formula is C10H11ClN2S2. The monoisotopic (exact) mass is 258 g/mol. The summed E-state index contributed by atoms with van der Waals surface area (Å²) >= 11 is 9.10. The summed E-state index contributed by atoms with van der Waals surface area (Å²) in [5.74, 6) is 0. The van der Waals surface area contributed by atoms with E-state index in [2.05, 4.69) is 28.7 Å². The van der Waals surface area contributed by atoms with E-state index in [9.17, 15) is 0 Å². The second-order valence-electron chi connectivity index (χ2n) is 3.19. The van der Waals surface area contributed by atoms with E-state index in [1.54, 1.807) is 17.5 Å². The molecule has 0 saturated heterocycles. The molecule has 1 N–H and O–H groups in total. The van der Waals surface area contributed by atoms with Gasteiger partial charge in [-0.1, -0.05) is 11.6 Å². The van der Waals surface area contributed by atoms with Crippen LogP contribution in [0.3, 0.4) is 0 Å². The highest BCUT2D eigenvalue weighted by Gasteiger charge is 2.01. The Labute approximate surface area is 102 Å². The van der Waals surface area contributed by atoms with Crippen LogP contribution in [0.15, 0.2) is 17.6 Å². The molecule has 15 heavy (non-hydrogen) atoms. The van der Waals surface area contributed by atoms with Crippen LogP contribution in [0, 0.1) is 6.92 Å². The molecule has 0 atom stereocenters. The quantitative estimate of drug-likeness (QED) is 0.909. The zero-order valence-electron chi connectivity index (χ0n) is 8.29. The molecule has 80 valence electrons. The number of halogens is 1. The highest BCUT2D eigenvalue weighted by atomic mass is 35.5. The van der Waals surface area contributed by atoms with Crippen LogP contribution in [0.4, 0.5) is 0 Å². The number of nitrogens with one attached hydrogen (secondary N) is 1. The third-order valence-electron chi connectivity index (χ3n) is 2.06.